The van der Waals surface area contributed by atoms with Crippen LogP contribution in [0.1, 0.15) is 0 Å². The predicted molar refractivity (Wildman–Crippen MR) is 66.9 cm³/mol. The lowest BCUT2D eigenvalue weighted by molar-refractivity contribution is -0.387. The molecule has 0 unspecified atom stereocenters. The largest absolute Gasteiger partial charge is 0.479 e. The molecule has 0 saturated carbocycles. The lowest BCUT2D eigenvalue weighted by Crippen LogP contribution is -2.36. The third-order valence-corrected chi connectivity index (χ3v) is 3.87. The Morgan fingerprint density at radius 1 is 1.50 bits per heavy atom. The smallest absolute Gasteiger partial charge is 0.333 e. The molecule has 0 aliphatic rings. The second-order valence-corrected chi connectivity index (χ2v) is 5.75. The first-order chi connectivity index (χ1) is 9.15. The van der Waals surface area contributed by atoms with Crippen LogP contribution in [0.25, 0.3) is 0 Å². The van der Waals surface area contributed by atoms with Crippen LogP contribution in [0.4, 0.5) is 5.69 Å². The van der Waals surface area contributed by atoms with Gasteiger partial charge in [0.25, 0.3) is 5.69 Å². The van der Waals surface area contributed by atoms with E-state index in [1.165, 1.54) is 0 Å². The Bertz CT molecular complexity index is 646. The molecule has 0 aliphatic heterocycles. The van der Waals surface area contributed by atoms with Crippen LogP contribution >= 0.6 is 11.6 Å². The SMILES string of the molecule is O=C(O)[C@@H](O)CNS(=O)(=O)c1ccc(Cl)cc1[N+](=O)[O-]. The van der Waals surface area contributed by atoms with Crippen LogP contribution in [0.3, 0.4) is 0 Å². The van der Waals surface area contributed by atoms with E-state index in [1.807, 2.05) is 0 Å². The van der Waals surface area contributed by atoms with Crippen molar-refractivity contribution in [3.63, 3.8) is 0 Å². The Morgan fingerprint density at radius 3 is 2.60 bits per heavy atom. The van der Waals surface area contributed by atoms with Crippen LogP contribution in [0.2, 0.25) is 5.02 Å². The second kappa shape index (κ2) is 6.13. The summed E-state index contributed by atoms with van der Waals surface area (Å²) in [7, 11) is -4.35. The fraction of sp³-hybridized carbons (Fsp3) is 0.222. The van der Waals surface area contributed by atoms with Gasteiger partial charge in [-0.1, -0.05) is 11.6 Å². The van der Waals surface area contributed by atoms with E-state index >= 15 is 0 Å². The first-order valence-corrected chi connectivity index (χ1v) is 6.85. The van der Waals surface area contributed by atoms with Crippen molar-refractivity contribution in [2.24, 2.45) is 0 Å². The molecule has 1 aromatic carbocycles. The van der Waals surface area contributed by atoms with Crippen molar-refractivity contribution in [2.45, 2.75) is 11.0 Å². The topological polar surface area (TPSA) is 147 Å². The lowest BCUT2D eigenvalue weighted by atomic mass is 10.3. The molecule has 9 nitrogen and oxygen atoms in total. The summed E-state index contributed by atoms with van der Waals surface area (Å²) in [6.07, 6.45) is -1.96. The number of carbonyl (C=O) groups is 1. The summed E-state index contributed by atoms with van der Waals surface area (Å²) in [4.78, 5) is 19.5. The maximum Gasteiger partial charge on any atom is 0.333 e. The van der Waals surface area contributed by atoms with Crippen LogP contribution in [0.5, 0.6) is 0 Å². The van der Waals surface area contributed by atoms with E-state index in [1.54, 1.807) is 4.72 Å². The van der Waals surface area contributed by atoms with Crippen LogP contribution in [0.15, 0.2) is 23.1 Å². The van der Waals surface area contributed by atoms with Gasteiger partial charge in [-0.3, -0.25) is 10.1 Å². The van der Waals surface area contributed by atoms with Gasteiger partial charge in [-0.05, 0) is 12.1 Å². The molecule has 3 N–H and O–H groups in total. The minimum atomic E-state index is -4.35. The molecule has 0 aliphatic carbocycles. The van der Waals surface area contributed by atoms with Gasteiger partial charge < -0.3 is 10.2 Å². The summed E-state index contributed by atoms with van der Waals surface area (Å²) < 4.78 is 25.4. The summed E-state index contributed by atoms with van der Waals surface area (Å²) >= 11 is 5.54. The quantitative estimate of drug-likeness (QED) is 0.491. The van der Waals surface area contributed by atoms with Crippen molar-refractivity contribution in [1.82, 2.24) is 4.72 Å². The minimum Gasteiger partial charge on any atom is -0.479 e. The Hall–Kier alpha value is -1.75. The maximum atomic E-state index is 11.8. The van der Waals surface area contributed by atoms with E-state index in [9.17, 15) is 23.3 Å². The van der Waals surface area contributed by atoms with Gasteiger partial charge >= 0.3 is 5.97 Å². The zero-order valence-electron chi connectivity index (χ0n) is 9.69. The highest BCUT2D eigenvalue weighted by Gasteiger charge is 2.27. The molecule has 0 saturated heterocycles. The maximum absolute atomic E-state index is 11.8. The molecule has 1 atom stereocenters. The summed E-state index contributed by atoms with van der Waals surface area (Å²) in [5, 5.41) is 28.1. The predicted octanol–water partition coefficient (Wildman–Crippen LogP) is -0.0280. The van der Waals surface area contributed by atoms with Crippen LogP contribution in [-0.4, -0.2) is 42.2 Å². The molecular weight excluding hydrogens is 316 g/mol. The lowest BCUT2D eigenvalue weighted by Gasteiger charge is -2.09. The normalized spacial score (nSPS) is 12.9. The molecule has 1 rings (SSSR count). The molecule has 20 heavy (non-hydrogen) atoms. The Morgan fingerprint density at radius 2 is 2.10 bits per heavy atom. The molecule has 110 valence electrons. The molecule has 0 heterocycles. The number of nitrogens with zero attached hydrogens (tertiary/aromatic N) is 1. The van der Waals surface area contributed by atoms with Gasteiger partial charge in [-0.2, -0.15) is 0 Å². The molecular formula is C9H9ClN2O7S. The fourth-order valence-corrected chi connectivity index (χ4v) is 2.57. The Labute approximate surface area is 118 Å². The first kappa shape index (κ1) is 16.3. The van der Waals surface area contributed by atoms with E-state index in [0.717, 1.165) is 18.2 Å². The van der Waals surface area contributed by atoms with Crippen molar-refractivity contribution < 1.29 is 28.3 Å². The number of rotatable bonds is 6. The first-order valence-electron chi connectivity index (χ1n) is 4.99. The van der Waals surface area contributed by atoms with E-state index in [4.69, 9.17) is 21.8 Å². The monoisotopic (exact) mass is 324 g/mol. The highest BCUT2D eigenvalue weighted by Crippen LogP contribution is 2.26. The third-order valence-electron chi connectivity index (χ3n) is 2.16. The van der Waals surface area contributed by atoms with Gasteiger partial charge in [0.2, 0.25) is 10.0 Å². The van der Waals surface area contributed by atoms with Crippen molar-refractivity contribution in [3.05, 3.63) is 33.3 Å². The summed E-state index contributed by atoms with van der Waals surface area (Å²) in [6.45, 7) is -0.822. The summed E-state index contributed by atoms with van der Waals surface area (Å²) in [5.41, 5.74) is -0.755. The standard InChI is InChI=1S/C9H9ClN2O7S/c10-5-1-2-8(6(3-5)12(16)17)20(18,19)11-4-7(13)9(14)15/h1-3,7,11,13H,4H2,(H,14,15)/t7-/m0/s1. The number of sulfonamides is 1. The number of carboxylic acid groups (broad SMARTS) is 1. The number of aliphatic hydroxyl groups is 1. The number of aliphatic carboxylic acids is 1. The molecule has 1 aromatic rings. The average molecular weight is 325 g/mol. The summed E-state index contributed by atoms with van der Waals surface area (Å²) in [5.74, 6) is -1.63. The van der Waals surface area contributed by atoms with Crippen LogP contribution < -0.4 is 4.72 Å². The van der Waals surface area contributed by atoms with E-state index < -0.39 is 44.1 Å². The average Bonchev–Trinajstić information content (AvgIpc) is 2.35. The molecule has 0 fully saturated rings. The molecule has 0 bridgehead atoms. The number of halogens is 1. The van der Waals surface area contributed by atoms with Gasteiger partial charge in [0, 0.05) is 17.6 Å². The van der Waals surface area contributed by atoms with Crippen molar-refractivity contribution in [2.75, 3.05) is 6.54 Å². The summed E-state index contributed by atoms with van der Waals surface area (Å²) in [6, 6.07) is 2.90. The second-order valence-electron chi connectivity index (χ2n) is 3.58. The van der Waals surface area contributed by atoms with Gasteiger partial charge in [-0.15, -0.1) is 0 Å². The number of aliphatic hydroxyl groups excluding tert-OH is 1. The number of hydrogen-bond acceptors (Lipinski definition) is 6. The van der Waals surface area contributed by atoms with Crippen molar-refractivity contribution >= 4 is 33.3 Å². The van der Waals surface area contributed by atoms with Crippen molar-refractivity contribution in [1.29, 1.82) is 0 Å². The third kappa shape index (κ3) is 3.87. The number of hydrogen-bond donors (Lipinski definition) is 3. The zero-order chi connectivity index (χ0) is 15.5. The van der Waals surface area contributed by atoms with E-state index in [0.29, 0.717) is 0 Å². The minimum absolute atomic E-state index is 0.0266. The fourth-order valence-electron chi connectivity index (χ4n) is 1.21. The van der Waals surface area contributed by atoms with Gasteiger partial charge in [0.15, 0.2) is 11.0 Å². The Balaban J connectivity index is 3.10. The molecule has 0 amide bonds. The highest BCUT2D eigenvalue weighted by atomic mass is 35.5. The van der Waals surface area contributed by atoms with Crippen LogP contribution in [0, 0.1) is 10.1 Å². The number of nitro groups is 1. The number of benzene rings is 1. The highest BCUT2D eigenvalue weighted by molar-refractivity contribution is 7.89. The molecule has 0 aromatic heterocycles. The van der Waals surface area contributed by atoms with Gasteiger partial charge in [-0.25, -0.2) is 17.9 Å². The van der Waals surface area contributed by atoms with Crippen molar-refractivity contribution in [3.8, 4) is 0 Å². The molecule has 0 spiro atoms. The number of nitrogens with one attached hydrogen (secondary N) is 1. The molecule has 11 heteroatoms. The number of carboxylic acids is 1. The zero-order valence-corrected chi connectivity index (χ0v) is 11.3. The van der Waals surface area contributed by atoms with E-state index in [-0.39, 0.29) is 5.02 Å². The van der Waals surface area contributed by atoms with Gasteiger partial charge in [0.05, 0.1) is 4.92 Å². The van der Waals surface area contributed by atoms with Gasteiger partial charge in [0.1, 0.15) is 0 Å². The molecule has 0 radical (unpaired) electrons. The van der Waals surface area contributed by atoms with Crippen LogP contribution in [-0.2, 0) is 14.8 Å². The Kier molecular flexibility index (Phi) is 5.00. The number of nitro benzene ring substituents is 1. The van der Waals surface area contributed by atoms with E-state index in [2.05, 4.69) is 0 Å².